The number of rotatable bonds is 2. The van der Waals surface area contributed by atoms with Gasteiger partial charge in [-0.25, -0.2) is 0 Å². The fourth-order valence-electron chi connectivity index (χ4n) is 1.71. The monoisotopic (exact) mass is 217 g/mol. The van der Waals surface area contributed by atoms with Crippen molar-refractivity contribution >= 4 is 0 Å². The first kappa shape index (κ1) is 10.8. The highest BCUT2D eigenvalue weighted by Gasteiger charge is 2.11. The minimum atomic E-state index is -0.0889. The molecule has 16 heavy (non-hydrogen) atoms. The number of aliphatic hydroxyl groups is 1. The number of hydrogen-bond acceptors (Lipinski definition) is 3. The molecular weight excluding hydrogens is 202 g/mol. The summed E-state index contributed by atoms with van der Waals surface area (Å²) in [6.07, 6.45) is 0. The smallest absolute Gasteiger partial charge is 0.164 e. The van der Waals surface area contributed by atoms with Crippen LogP contribution in [0.3, 0.4) is 0 Å². The zero-order chi connectivity index (χ0) is 11.7. The first-order valence-electron chi connectivity index (χ1n) is 5.20. The SMILES string of the molecule is Cc1ccc(C)c(-c2nnc(CO)n2C)c1. The zero-order valence-corrected chi connectivity index (χ0v) is 9.73. The lowest BCUT2D eigenvalue weighted by atomic mass is 10.1. The Bertz CT molecular complexity index is 517. The maximum absolute atomic E-state index is 9.08. The van der Waals surface area contributed by atoms with Crippen LogP contribution in [0.15, 0.2) is 18.2 Å². The van der Waals surface area contributed by atoms with Crippen LogP contribution in [0.2, 0.25) is 0 Å². The van der Waals surface area contributed by atoms with Gasteiger partial charge in [-0.05, 0) is 25.5 Å². The van der Waals surface area contributed by atoms with Crippen molar-refractivity contribution in [3.05, 3.63) is 35.2 Å². The molecule has 0 unspecified atom stereocenters. The third-order valence-electron chi connectivity index (χ3n) is 2.74. The van der Waals surface area contributed by atoms with Gasteiger partial charge in [-0.1, -0.05) is 17.7 Å². The molecule has 0 aliphatic carbocycles. The molecule has 0 atom stereocenters. The molecule has 0 amide bonds. The Morgan fingerprint density at radius 1 is 1.25 bits per heavy atom. The summed E-state index contributed by atoms with van der Waals surface area (Å²) < 4.78 is 1.82. The predicted octanol–water partition coefficient (Wildman–Crippen LogP) is 1.59. The van der Waals surface area contributed by atoms with Crippen molar-refractivity contribution in [2.24, 2.45) is 7.05 Å². The van der Waals surface area contributed by atoms with Crippen LogP contribution in [-0.2, 0) is 13.7 Å². The second-order valence-electron chi connectivity index (χ2n) is 3.98. The fourth-order valence-corrected chi connectivity index (χ4v) is 1.71. The van der Waals surface area contributed by atoms with E-state index in [0.717, 1.165) is 17.0 Å². The van der Waals surface area contributed by atoms with Crippen molar-refractivity contribution < 1.29 is 5.11 Å². The average Bonchev–Trinajstić information content (AvgIpc) is 2.63. The number of aromatic nitrogens is 3. The van der Waals surface area contributed by atoms with Crippen molar-refractivity contribution in [2.75, 3.05) is 0 Å². The van der Waals surface area contributed by atoms with Crippen molar-refractivity contribution in [1.29, 1.82) is 0 Å². The van der Waals surface area contributed by atoms with Crippen LogP contribution >= 0.6 is 0 Å². The average molecular weight is 217 g/mol. The van der Waals surface area contributed by atoms with E-state index in [1.54, 1.807) is 0 Å². The molecule has 0 spiro atoms. The van der Waals surface area contributed by atoms with Gasteiger partial charge in [0.1, 0.15) is 6.61 Å². The summed E-state index contributed by atoms with van der Waals surface area (Å²) in [4.78, 5) is 0. The van der Waals surface area contributed by atoms with E-state index in [9.17, 15) is 0 Å². The minimum absolute atomic E-state index is 0.0889. The lowest BCUT2D eigenvalue weighted by Gasteiger charge is -2.06. The van der Waals surface area contributed by atoms with Gasteiger partial charge in [0, 0.05) is 12.6 Å². The molecule has 1 aromatic carbocycles. The molecule has 4 heteroatoms. The molecule has 1 aromatic heterocycles. The zero-order valence-electron chi connectivity index (χ0n) is 9.73. The van der Waals surface area contributed by atoms with Crippen molar-refractivity contribution in [1.82, 2.24) is 14.8 Å². The molecule has 2 aromatic rings. The molecule has 2 rings (SSSR count). The van der Waals surface area contributed by atoms with Gasteiger partial charge < -0.3 is 9.67 Å². The molecule has 0 aliphatic rings. The predicted molar refractivity (Wildman–Crippen MR) is 61.8 cm³/mol. The Morgan fingerprint density at radius 3 is 2.62 bits per heavy atom. The number of nitrogens with zero attached hydrogens (tertiary/aromatic N) is 3. The van der Waals surface area contributed by atoms with E-state index in [1.165, 1.54) is 5.56 Å². The number of aliphatic hydroxyl groups excluding tert-OH is 1. The van der Waals surface area contributed by atoms with E-state index in [2.05, 4.69) is 28.4 Å². The molecule has 0 aliphatic heterocycles. The summed E-state index contributed by atoms with van der Waals surface area (Å²) in [7, 11) is 1.86. The highest BCUT2D eigenvalue weighted by atomic mass is 16.3. The van der Waals surface area contributed by atoms with E-state index >= 15 is 0 Å². The Labute approximate surface area is 94.6 Å². The quantitative estimate of drug-likeness (QED) is 0.831. The van der Waals surface area contributed by atoms with Crippen molar-refractivity contribution in [2.45, 2.75) is 20.5 Å². The number of benzene rings is 1. The molecule has 84 valence electrons. The molecule has 0 saturated heterocycles. The van der Waals surface area contributed by atoms with E-state index in [-0.39, 0.29) is 6.61 Å². The lowest BCUT2D eigenvalue weighted by Crippen LogP contribution is -2.00. The molecule has 1 heterocycles. The van der Waals surface area contributed by atoms with Crippen molar-refractivity contribution in [3.63, 3.8) is 0 Å². The summed E-state index contributed by atoms with van der Waals surface area (Å²) in [5, 5.41) is 17.1. The molecule has 0 bridgehead atoms. The molecule has 0 fully saturated rings. The number of hydrogen-bond donors (Lipinski definition) is 1. The second kappa shape index (κ2) is 4.06. The Morgan fingerprint density at radius 2 is 2.00 bits per heavy atom. The maximum Gasteiger partial charge on any atom is 0.164 e. The molecular formula is C12H15N3O. The van der Waals surface area contributed by atoms with E-state index in [4.69, 9.17) is 5.11 Å². The first-order chi connectivity index (χ1) is 7.63. The summed E-state index contributed by atoms with van der Waals surface area (Å²) >= 11 is 0. The van der Waals surface area contributed by atoms with Crippen LogP contribution in [0.4, 0.5) is 0 Å². The lowest BCUT2D eigenvalue weighted by molar-refractivity contribution is 0.267. The van der Waals surface area contributed by atoms with Gasteiger partial charge in [0.2, 0.25) is 0 Å². The fraction of sp³-hybridized carbons (Fsp3) is 0.333. The highest BCUT2D eigenvalue weighted by molar-refractivity contribution is 5.61. The summed E-state index contributed by atoms with van der Waals surface area (Å²) in [5.74, 6) is 1.38. The standard InChI is InChI=1S/C12H15N3O/c1-8-4-5-9(2)10(6-8)12-14-13-11(7-16)15(12)3/h4-6,16H,7H2,1-3H3. The van der Waals surface area contributed by atoms with Crippen LogP contribution in [-0.4, -0.2) is 19.9 Å². The summed E-state index contributed by atoms with van der Waals surface area (Å²) in [6, 6.07) is 6.22. The van der Waals surface area contributed by atoms with Crippen LogP contribution in [0.5, 0.6) is 0 Å². The van der Waals surface area contributed by atoms with Gasteiger partial charge in [0.05, 0.1) is 0 Å². The summed E-state index contributed by atoms with van der Waals surface area (Å²) in [5.41, 5.74) is 3.41. The van der Waals surface area contributed by atoms with Crippen LogP contribution in [0.1, 0.15) is 17.0 Å². The van der Waals surface area contributed by atoms with E-state index in [0.29, 0.717) is 5.82 Å². The second-order valence-corrected chi connectivity index (χ2v) is 3.98. The van der Waals surface area contributed by atoms with E-state index in [1.807, 2.05) is 25.5 Å². The van der Waals surface area contributed by atoms with Crippen LogP contribution in [0, 0.1) is 13.8 Å². The van der Waals surface area contributed by atoms with Gasteiger partial charge in [0.25, 0.3) is 0 Å². The van der Waals surface area contributed by atoms with Crippen LogP contribution < -0.4 is 0 Å². The Balaban J connectivity index is 2.58. The van der Waals surface area contributed by atoms with Crippen LogP contribution in [0.25, 0.3) is 11.4 Å². The van der Waals surface area contributed by atoms with Gasteiger partial charge in [-0.3, -0.25) is 0 Å². The first-order valence-corrected chi connectivity index (χ1v) is 5.20. The highest BCUT2D eigenvalue weighted by Crippen LogP contribution is 2.22. The van der Waals surface area contributed by atoms with E-state index < -0.39 is 0 Å². The van der Waals surface area contributed by atoms with Gasteiger partial charge in [0.15, 0.2) is 11.6 Å². The normalized spacial score (nSPS) is 10.8. The number of aryl methyl sites for hydroxylation is 2. The third kappa shape index (κ3) is 1.72. The minimum Gasteiger partial charge on any atom is -0.388 e. The molecule has 0 saturated carbocycles. The van der Waals surface area contributed by atoms with Gasteiger partial charge in [-0.2, -0.15) is 0 Å². The third-order valence-corrected chi connectivity index (χ3v) is 2.74. The molecule has 4 nitrogen and oxygen atoms in total. The van der Waals surface area contributed by atoms with Crippen molar-refractivity contribution in [3.8, 4) is 11.4 Å². The largest absolute Gasteiger partial charge is 0.388 e. The van der Waals surface area contributed by atoms with Gasteiger partial charge in [-0.15, -0.1) is 10.2 Å². The molecule has 1 N–H and O–H groups in total. The van der Waals surface area contributed by atoms with Gasteiger partial charge >= 0.3 is 0 Å². The Hall–Kier alpha value is -1.68. The topological polar surface area (TPSA) is 50.9 Å². The maximum atomic E-state index is 9.08. The Kier molecular flexibility index (Phi) is 2.75. The molecule has 0 radical (unpaired) electrons. The summed E-state index contributed by atoms with van der Waals surface area (Å²) in [6.45, 7) is 4.00.